The van der Waals surface area contributed by atoms with E-state index in [0.29, 0.717) is 18.6 Å². The van der Waals surface area contributed by atoms with Gasteiger partial charge in [0.1, 0.15) is 17.2 Å². The number of halogens is 1. The van der Waals surface area contributed by atoms with Gasteiger partial charge in [0.15, 0.2) is 5.69 Å². The summed E-state index contributed by atoms with van der Waals surface area (Å²) in [7, 11) is -0.708. The molecule has 4 rings (SSSR count). The minimum atomic E-state index is -3.62. The number of piperidine rings is 1. The van der Waals surface area contributed by atoms with Gasteiger partial charge in [-0.1, -0.05) is 12.1 Å². The van der Waals surface area contributed by atoms with Crippen LogP contribution in [-0.2, 0) is 33.6 Å². The number of ether oxygens (including phenoxy) is 1. The Morgan fingerprint density at radius 3 is 2.51 bits per heavy atom. The fourth-order valence-electron chi connectivity index (χ4n) is 4.36. The molecule has 35 heavy (non-hydrogen) atoms. The molecule has 1 amide bonds. The summed E-state index contributed by atoms with van der Waals surface area (Å²) in [5, 5.41) is 13.1. The second-order valence-electron chi connectivity index (χ2n) is 8.78. The number of hydrogen-bond acceptors (Lipinski definition) is 7. The molecule has 0 saturated carbocycles. The quantitative estimate of drug-likeness (QED) is 0.601. The molecule has 2 aliphatic heterocycles. The van der Waals surface area contributed by atoms with Gasteiger partial charge in [-0.15, -0.1) is 0 Å². The summed E-state index contributed by atoms with van der Waals surface area (Å²) in [5.41, 5.74) is -1.64. The fourth-order valence-corrected chi connectivity index (χ4v) is 5.46. The van der Waals surface area contributed by atoms with Gasteiger partial charge in [-0.25, -0.2) is 9.37 Å². The van der Waals surface area contributed by atoms with E-state index in [-0.39, 0.29) is 44.8 Å². The number of aromatic nitrogens is 2. The summed E-state index contributed by atoms with van der Waals surface area (Å²) in [6.07, 6.45) is 0.952. The van der Waals surface area contributed by atoms with E-state index in [4.69, 9.17) is 4.74 Å². The fraction of sp³-hybridized carbons (Fsp3) is 0.500. The van der Waals surface area contributed by atoms with Crippen LogP contribution in [-0.4, -0.2) is 71.4 Å². The highest BCUT2D eigenvalue weighted by molar-refractivity contribution is 7.86. The van der Waals surface area contributed by atoms with E-state index in [1.165, 1.54) is 47.2 Å². The second kappa shape index (κ2) is 9.64. The third kappa shape index (κ3) is 4.81. The lowest BCUT2D eigenvalue weighted by Gasteiger charge is -2.40. The van der Waals surface area contributed by atoms with E-state index in [1.807, 2.05) is 0 Å². The van der Waals surface area contributed by atoms with Crippen LogP contribution in [0.3, 0.4) is 0 Å². The summed E-state index contributed by atoms with van der Waals surface area (Å²) >= 11 is 0. The van der Waals surface area contributed by atoms with E-state index < -0.39 is 44.5 Å². The molecular weight excluding hydrogens is 481 g/mol. The summed E-state index contributed by atoms with van der Waals surface area (Å²) in [4.78, 5) is 30.3. The summed E-state index contributed by atoms with van der Waals surface area (Å²) in [6, 6.07) is 5.53. The summed E-state index contributed by atoms with van der Waals surface area (Å²) in [6.45, 7) is 0.883. The van der Waals surface area contributed by atoms with Crippen molar-refractivity contribution in [3.63, 3.8) is 0 Å². The topological polar surface area (TPSA) is 134 Å². The zero-order valence-electron chi connectivity index (χ0n) is 19.5. The summed E-state index contributed by atoms with van der Waals surface area (Å²) < 4.78 is 48.2. The molecule has 11 nitrogen and oxygen atoms in total. The molecule has 0 radical (unpaired) electrons. The molecule has 1 spiro atoms. The smallest absolute Gasteiger partial charge is 0.296 e. The van der Waals surface area contributed by atoms with Gasteiger partial charge < -0.3 is 15.2 Å². The van der Waals surface area contributed by atoms with Crippen LogP contribution in [0, 0.1) is 5.82 Å². The first-order chi connectivity index (χ1) is 16.5. The third-order valence-electron chi connectivity index (χ3n) is 6.36. The molecule has 1 aromatic carbocycles. The lowest BCUT2D eigenvalue weighted by molar-refractivity contribution is -0.0829. The molecule has 1 saturated heterocycles. The molecule has 2 N–H and O–H groups in total. The van der Waals surface area contributed by atoms with Gasteiger partial charge in [0.25, 0.3) is 21.7 Å². The lowest BCUT2D eigenvalue weighted by atomic mass is 9.90. The molecule has 0 unspecified atom stereocenters. The average Bonchev–Trinajstić information content (AvgIpc) is 3.00. The Labute approximate surface area is 202 Å². The van der Waals surface area contributed by atoms with Crippen LogP contribution in [0.2, 0.25) is 0 Å². The molecule has 0 atom stereocenters. The molecule has 13 heteroatoms. The number of amides is 1. The van der Waals surface area contributed by atoms with E-state index in [2.05, 4.69) is 10.3 Å². The third-order valence-corrected chi connectivity index (χ3v) is 8.30. The van der Waals surface area contributed by atoms with Crippen LogP contribution < -0.4 is 10.9 Å². The zero-order valence-corrected chi connectivity index (χ0v) is 20.3. The molecule has 3 heterocycles. The van der Waals surface area contributed by atoms with Crippen molar-refractivity contribution in [1.82, 2.24) is 23.5 Å². The van der Waals surface area contributed by atoms with Crippen LogP contribution in [0.15, 0.2) is 29.1 Å². The highest BCUT2D eigenvalue weighted by atomic mass is 32.2. The predicted molar refractivity (Wildman–Crippen MR) is 123 cm³/mol. The van der Waals surface area contributed by atoms with E-state index >= 15 is 0 Å². The first kappa shape index (κ1) is 25.2. The molecular formula is C22H28FN5O6S. The van der Waals surface area contributed by atoms with Crippen molar-refractivity contribution in [1.29, 1.82) is 0 Å². The van der Waals surface area contributed by atoms with Crippen molar-refractivity contribution in [3.05, 3.63) is 57.5 Å². The Morgan fingerprint density at radius 2 is 1.89 bits per heavy atom. The number of carbonyl (C=O) groups is 1. The van der Waals surface area contributed by atoms with E-state index in [1.54, 1.807) is 0 Å². The number of hydrogen-bond donors (Lipinski definition) is 2. The van der Waals surface area contributed by atoms with Gasteiger partial charge in [-0.05, 0) is 37.0 Å². The maximum absolute atomic E-state index is 13.1. The molecule has 0 aliphatic carbocycles. The van der Waals surface area contributed by atoms with Crippen molar-refractivity contribution >= 4 is 16.1 Å². The highest BCUT2D eigenvalue weighted by Gasteiger charge is 2.45. The van der Waals surface area contributed by atoms with Crippen LogP contribution >= 0.6 is 0 Å². The van der Waals surface area contributed by atoms with Gasteiger partial charge in [-0.2, -0.15) is 17.0 Å². The number of rotatable bonds is 5. The largest absolute Gasteiger partial charge is 0.501 e. The molecule has 190 valence electrons. The van der Waals surface area contributed by atoms with E-state index in [0.717, 1.165) is 4.31 Å². The Balaban J connectivity index is 1.64. The Hall–Kier alpha value is -2.87. The van der Waals surface area contributed by atoms with Crippen molar-refractivity contribution in [3.8, 4) is 5.75 Å². The normalized spacial score (nSPS) is 18.3. The predicted octanol–water partition coefficient (Wildman–Crippen LogP) is 0.536. The minimum Gasteiger partial charge on any atom is -0.501 e. The van der Waals surface area contributed by atoms with Gasteiger partial charge in [0, 0.05) is 46.9 Å². The van der Waals surface area contributed by atoms with Crippen LogP contribution in [0.25, 0.3) is 0 Å². The Morgan fingerprint density at radius 1 is 1.23 bits per heavy atom. The van der Waals surface area contributed by atoms with Crippen molar-refractivity contribution in [2.45, 2.75) is 38.0 Å². The number of fused-ring (bicyclic) bond motifs is 2. The van der Waals surface area contributed by atoms with Gasteiger partial charge in [-0.3, -0.25) is 14.2 Å². The standard InChI is InChI=1S/C22H28FN5O6S/c1-26(2)35(32,33)27-11-8-22(9-12-27)21-25-17(18(29)20(31)28(21)10-3-13-34-22)19(30)24-14-15-4-6-16(23)7-5-15/h4-7,29H,3,8-14H2,1-2H3,(H,24,30). The number of aromatic hydroxyl groups is 1. The van der Waals surface area contributed by atoms with Gasteiger partial charge in [0.2, 0.25) is 5.75 Å². The first-order valence-corrected chi connectivity index (χ1v) is 12.6. The van der Waals surface area contributed by atoms with Crippen LogP contribution in [0.5, 0.6) is 5.75 Å². The van der Waals surface area contributed by atoms with Crippen molar-refractivity contribution < 1.29 is 27.4 Å². The van der Waals surface area contributed by atoms with Crippen LogP contribution in [0.1, 0.15) is 41.1 Å². The zero-order chi connectivity index (χ0) is 25.4. The summed E-state index contributed by atoms with van der Waals surface area (Å²) in [5.74, 6) is -1.74. The minimum absolute atomic E-state index is 0.0393. The second-order valence-corrected chi connectivity index (χ2v) is 10.9. The Bertz CT molecular complexity index is 1270. The number of nitrogens with zero attached hydrogens (tertiary/aromatic N) is 4. The first-order valence-electron chi connectivity index (χ1n) is 11.2. The molecule has 2 aromatic rings. The average molecular weight is 510 g/mol. The van der Waals surface area contributed by atoms with Gasteiger partial charge >= 0.3 is 0 Å². The number of nitrogens with one attached hydrogen (secondary N) is 1. The maximum atomic E-state index is 13.1. The van der Waals surface area contributed by atoms with Crippen LogP contribution in [0.4, 0.5) is 4.39 Å². The highest BCUT2D eigenvalue weighted by Crippen LogP contribution is 2.38. The lowest BCUT2D eigenvalue weighted by Crippen LogP contribution is -2.51. The molecule has 0 bridgehead atoms. The molecule has 1 aromatic heterocycles. The van der Waals surface area contributed by atoms with Crippen molar-refractivity contribution in [2.24, 2.45) is 0 Å². The monoisotopic (exact) mass is 509 g/mol. The van der Waals surface area contributed by atoms with E-state index in [9.17, 15) is 27.5 Å². The SMILES string of the molecule is CN(C)S(=O)(=O)N1CCC2(CC1)OCCCn1c2nc(C(=O)NCc2ccc(F)cc2)c(O)c1=O. The molecule has 1 fully saturated rings. The Kier molecular flexibility index (Phi) is 6.95. The number of benzene rings is 1. The maximum Gasteiger partial charge on any atom is 0.296 e. The van der Waals surface area contributed by atoms with Gasteiger partial charge in [0.05, 0.1) is 0 Å². The van der Waals surface area contributed by atoms with Crippen molar-refractivity contribution in [2.75, 3.05) is 33.8 Å². The molecule has 2 aliphatic rings. The number of carbonyl (C=O) groups excluding carboxylic acids is 1.